The molecule has 0 aliphatic rings. The lowest BCUT2D eigenvalue weighted by molar-refractivity contribution is -0.190. The molecule has 2 unspecified atom stereocenters. The molecule has 0 N–H and O–H groups in total. The van der Waals surface area contributed by atoms with Crippen molar-refractivity contribution >= 4 is 0 Å². The fraction of sp³-hybridized carbons (Fsp3) is 0.857. The van der Waals surface area contributed by atoms with Crippen LogP contribution in [0.1, 0.15) is 6.42 Å². The van der Waals surface area contributed by atoms with E-state index in [1.807, 2.05) is 0 Å². The number of alkyl halides is 7. The quantitative estimate of drug-likeness (QED) is 0.630. The van der Waals surface area contributed by atoms with Crippen LogP contribution < -0.4 is 0 Å². The zero-order valence-corrected chi connectivity index (χ0v) is 6.87. The minimum atomic E-state index is -5.18. The molecule has 0 aliphatic carbocycles. The van der Waals surface area contributed by atoms with E-state index in [-0.39, 0.29) is 0 Å². The van der Waals surface area contributed by atoms with Gasteiger partial charge in [0.15, 0.2) is 6.17 Å². The average molecular weight is 225 g/mol. The van der Waals surface area contributed by atoms with E-state index < -0.39 is 37.3 Å². The van der Waals surface area contributed by atoms with Gasteiger partial charge in [-0.05, 0) is 6.42 Å². The smallest absolute Gasteiger partial charge is 0.244 e. The predicted molar refractivity (Wildman–Crippen MR) is 35.6 cm³/mol. The molecule has 14 heavy (non-hydrogen) atoms. The standard InChI is InChI=1S/C7H8F7/c1-2-3(8)4(9)5(10)7(13,14)6(11)12/h3-6H,1-2H2/t3?,4?,5-/m0/s1. The van der Waals surface area contributed by atoms with Crippen LogP contribution in [0.2, 0.25) is 0 Å². The summed E-state index contributed by atoms with van der Waals surface area (Å²) in [7, 11) is 0. The molecule has 0 bridgehead atoms. The highest BCUT2D eigenvalue weighted by Gasteiger charge is 2.54. The molecule has 0 saturated carbocycles. The van der Waals surface area contributed by atoms with Crippen molar-refractivity contribution in [3.05, 3.63) is 6.92 Å². The first-order valence-corrected chi connectivity index (χ1v) is 3.62. The third kappa shape index (κ3) is 2.75. The minimum Gasteiger partial charge on any atom is -0.244 e. The van der Waals surface area contributed by atoms with Gasteiger partial charge in [0.1, 0.15) is 6.17 Å². The van der Waals surface area contributed by atoms with E-state index in [9.17, 15) is 30.7 Å². The van der Waals surface area contributed by atoms with Crippen LogP contribution in [0.15, 0.2) is 0 Å². The molecule has 7 heteroatoms. The van der Waals surface area contributed by atoms with Gasteiger partial charge < -0.3 is 0 Å². The maximum Gasteiger partial charge on any atom is 0.340 e. The Kier molecular flexibility index (Phi) is 4.67. The van der Waals surface area contributed by atoms with Crippen LogP contribution in [-0.2, 0) is 0 Å². The lowest BCUT2D eigenvalue weighted by Crippen LogP contribution is -2.46. The molecule has 0 spiro atoms. The van der Waals surface area contributed by atoms with E-state index in [1.165, 1.54) is 0 Å². The Morgan fingerprint density at radius 3 is 1.71 bits per heavy atom. The molecule has 0 saturated heterocycles. The Morgan fingerprint density at radius 1 is 1.00 bits per heavy atom. The van der Waals surface area contributed by atoms with Crippen LogP contribution in [0.25, 0.3) is 0 Å². The summed E-state index contributed by atoms with van der Waals surface area (Å²) in [4.78, 5) is 0. The molecule has 0 rings (SSSR count). The van der Waals surface area contributed by atoms with Crippen molar-refractivity contribution in [1.29, 1.82) is 0 Å². The molecule has 85 valence electrons. The van der Waals surface area contributed by atoms with E-state index in [0.717, 1.165) is 0 Å². The number of hydrogen-bond donors (Lipinski definition) is 0. The van der Waals surface area contributed by atoms with Gasteiger partial charge in [-0.15, -0.1) is 0 Å². The van der Waals surface area contributed by atoms with Gasteiger partial charge in [-0.2, -0.15) is 8.78 Å². The van der Waals surface area contributed by atoms with Gasteiger partial charge in [0.25, 0.3) is 0 Å². The van der Waals surface area contributed by atoms with Crippen LogP contribution in [-0.4, -0.2) is 30.9 Å². The van der Waals surface area contributed by atoms with E-state index >= 15 is 0 Å². The first kappa shape index (κ1) is 13.5. The Bertz CT molecular complexity index is 169. The molecule has 0 aromatic rings. The molecule has 0 aliphatic heterocycles. The summed E-state index contributed by atoms with van der Waals surface area (Å²) in [5.74, 6) is -5.18. The highest BCUT2D eigenvalue weighted by molar-refractivity contribution is 4.89. The normalized spacial score (nSPS) is 19.5. The summed E-state index contributed by atoms with van der Waals surface area (Å²) in [6.07, 6.45) is -14.9. The molecule has 0 aromatic heterocycles. The van der Waals surface area contributed by atoms with Crippen LogP contribution in [0, 0.1) is 6.92 Å². The molecule has 1 radical (unpaired) electrons. The van der Waals surface area contributed by atoms with E-state index in [2.05, 4.69) is 6.92 Å². The SMILES string of the molecule is [CH2]CC(F)C(F)[C@H](F)C(F)(F)C(F)F. The number of rotatable bonds is 5. The van der Waals surface area contributed by atoms with Crippen molar-refractivity contribution in [2.45, 2.75) is 37.3 Å². The Balaban J connectivity index is 4.52. The minimum absolute atomic E-state index is 0.805. The molecule has 0 heterocycles. The van der Waals surface area contributed by atoms with Gasteiger partial charge in [-0.25, -0.2) is 22.0 Å². The van der Waals surface area contributed by atoms with Gasteiger partial charge in [0.2, 0.25) is 6.17 Å². The van der Waals surface area contributed by atoms with E-state index in [1.54, 1.807) is 0 Å². The van der Waals surface area contributed by atoms with Crippen molar-refractivity contribution in [1.82, 2.24) is 0 Å². The summed E-state index contributed by atoms with van der Waals surface area (Å²) in [6.45, 7) is 2.80. The van der Waals surface area contributed by atoms with Crippen molar-refractivity contribution < 1.29 is 30.7 Å². The largest absolute Gasteiger partial charge is 0.340 e. The first-order valence-electron chi connectivity index (χ1n) is 3.62. The van der Waals surface area contributed by atoms with Gasteiger partial charge in [0, 0.05) is 0 Å². The predicted octanol–water partition coefficient (Wildman–Crippen LogP) is 3.13. The maximum absolute atomic E-state index is 12.4. The highest BCUT2D eigenvalue weighted by atomic mass is 19.3. The second-order valence-electron chi connectivity index (χ2n) is 2.63. The van der Waals surface area contributed by atoms with Crippen molar-refractivity contribution in [3.8, 4) is 0 Å². The Hall–Kier alpha value is -0.490. The fourth-order valence-electron chi connectivity index (χ4n) is 0.675. The van der Waals surface area contributed by atoms with Crippen LogP contribution in [0.4, 0.5) is 30.7 Å². The van der Waals surface area contributed by atoms with E-state index in [0.29, 0.717) is 0 Å². The van der Waals surface area contributed by atoms with E-state index in [4.69, 9.17) is 0 Å². The molecule has 3 atom stereocenters. The van der Waals surface area contributed by atoms with Crippen LogP contribution >= 0.6 is 0 Å². The van der Waals surface area contributed by atoms with Crippen LogP contribution in [0.5, 0.6) is 0 Å². The molecular weight excluding hydrogens is 217 g/mol. The second kappa shape index (κ2) is 4.84. The molecule has 0 nitrogen and oxygen atoms in total. The summed E-state index contributed by atoms with van der Waals surface area (Å²) in [5, 5.41) is 0. The third-order valence-corrected chi connectivity index (χ3v) is 1.56. The van der Waals surface area contributed by atoms with Crippen molar-refractivity contribution in [2.75, 3.05) is 0 Å². The lowest BCUT2D eigenvalue weighted by atomic mass is 10.0. The Labute approximate surface area is 76.1 Å². The monoisotopic (exact) mass is 225 g/mol. The first-order chi connectivity index (χ1) is 6.25. The fourth-order valence-corrected chi connectivity index (χ4v) is 0.675. The molecule has 0 fully saturated rings. The Morgan fingerprint density at radius 2 is 1.43 bits per heavy atom. The topological polar surface area (TPSA) is 0 Å². The summed E-state index contributed by atoms with van der Waals surface area (Å²) in [6, 6.07) is 0. The summed E-state index contributed by atoms with van der Waals surface area (Å²) >= 11 is 0. The van der Waals surface area contributed by atoms with Gasteiger partial charge >= 0.3 is 12.3 Å². The van der Waals surface area contributed by atoms with Crippen LogP contribution in [0.3, 0.4) is 0 Å². The number of hydrogen-bond acceptors (Lipinski definition) is 0. The highest BCUT2D eigenvalue weighted by Crippen LogP contribution is 2.33. The number of halogens is 7. The third-order valence-electron chi connectivity index (χ3n) is 1.56. The van der Waals surface area contributed by atoms with Gasteiger partial charge in [-0.1, -0.05) is 6.92 Å². The van der Waals surface area contributed by atoms with Gasteiger partial charge in [0.05, 0.1) is 0 Å². The zero-order valence-electron chi connectivity index (χ0n) is 6.87. The zero-order chi connectivity index (χ0) is 11.5. The lowest BCUT2D eigenvalue weighted by Gasteiger charge is -2.23. The summed E-state index contributed by atoms with van der Waals surface area (Å²) < 4.78 is 84.4. The van der Waals surface area contributed by atoms with Crippen molar-refractivity contribution in [3.63, 3.8) is 0 Å². The molecule has 0 aromatic carbocycles. The van der Waals surface area contributed by atoms with Crippen molar-refractivity contribution in [2.24, 2.45) is 0 Å². The van der Waals surface area contributed by atoms with Gasteiger partial charge in [-0.3, -0.25) is 0 Å². The average Bonchev–Trinajstić information content (AvgIpc) is 2.13. The second-order valence-corrected chi connectivity index (χ2v) is 2.63. The maximum atomic E-state index is 12.4. The summed E-state index contributed by atoms with van der Waals surface area (Å²) in [5.41, 5.74) is 0. The molecule has 0 amide bonds. The molecular formula is C7H8F7.